The molecule has 0 aliphatic carbocycles. The van der Waals surface area contributed by atoms with Gasteiger partial charge in [-0.1, -0.05) is 48.0 Å². The Kier molecular flexibility index (Phi) is 6.32. The highest BCUT2D eigenvalue weighted by atomic mass is 32.1. The van der Waals surface area contributed by atoms with Crippen molar-refractivity contribution in [3.63, 3.8) is 0 Å². The molecule has 0 N–H and O–H groups in total. The topological polar surface area (TPSA) is 95.0 Å². The molecule has 1 atom stereocenters. The molecule has 0 spiro atoms. The number of rotatable bonds is 6. The summed E-state index contributed by atoms with van der Waals surface area (Å²) < 4.78 is 0. The molecule has 35 heavy (non-hydrogen) atoms. The van der Waals surface area contributed by atoms with E-state index in [2.05, 4.69) is 30.5 Å². The van der Waals surface area contributed by atoms with E-state index in [1.807, 2.05) is 66.9 Å². The van der Waals surface area contributed by atoms with E-state index in [-0.39, 0.29) is 5.91 Å². The van der Waals surface area contributed by atoms with Crippen molar-refractivity contribution in [1.82, 2.24) is 4.98 Å². The molecule has 2 heterocycles. The molecule has 0 saturated heterocycles. The molecule has 172 valence electrons. The Morgan fingerprint density at radius 1 is 0.800 bits per heavy atom. The number of thiazole rings is 1. The highest BCUT2D eigenvalue weighted by Gasteiger charge is 2.36. The number of hydrazone groups is 1. The van der Waals surface area contributed by atoms with E-state index < -0.39 is 6.04 Å². The Morgan fingerprint density at radius 2 is 1.43 bits per heavy atom. The predicted octanol–water partition coefficient (Wildman–Crippen LogP) is 7.41. The van der Waals surface area contributed by atoms with Crippen LogP contribution in [0.2, 0.25) is 0 Å². The van der Waals surface area contributed by atoms with Crippen LogP contribution in [-0.4, -0.2) is 22.6 Å². The van der Waals surface area contributed by atoms with Crippen molar-refractivity contribution in [3.05, 3.63) is 89.8 Å². The summed E-state index contributed by atoms with van der Waals surface area (Å²) in [7, 11) is 0. The maximum atomic E-state index is 13.0. The lowest BCUT2D eigenvalue weighted by Crippen LogP contribution is -2.29. The second-order valence-electron chi connectivity index (χ2n) is 7.94. The molecule has 1 aliphatic heterocycles. The fraction of sp³-hybridized carbons (Fsp3) is 0.115. The lowest BCUT2D eigenvalue weighted by atomic mass is 10.1. The first kappa shape index (κ1) is 22.4. The van der Waals surface area contributed by atoms with Crippen LogP contribution >= 0.6 is 11.3 Å². The summed E-state index contributed by atoms with van der Waals surface area (Å²) in [4.78, 5) is 17.6. The third-order valence-electron chi connectivity index (χ3n) is 5.29. The molecule has 1 aliphatic rings. The normalized spacial score (nSPS) is 15.9. The van der Waals surface area contributed by atoms with E-state index in [1.165, 1.54) is 21.9 Å². The number of carbonyl (C=O) groups excluding carboxylic acids is 1. The van der Waals surface area contributed by atoms with Crippen LogP contribution in [0.1, 0.15) is 12.5 Å². The summed E-state index contributed by atoms with van der Waals surface area (Å²) in [6.45, 7) is 3.81. The number of anilines is 1. The number of azo groups is 2. The minimum atomic E-state index is -0.779. The molecule has 0 radical (unpaired) electrons. The predicted molar refractivity (Wildman–Crippen MR) is 138 cm³/mol. The SMILES string of the molecule is CC1=NN(c2nc(-c3ccc(C)cc3)cs2)C(=O)[C@H]1N=Nc1ccc(N=Nc2ccccc2)cc1. The van der Waals surface area contributed by atoms with E-state index in [1.54, 1.807) is 31.2 Å². The Hall–Kier alpha value is -4.37. The minimum absolute atomic E-state index is 0.274. The Labute approximate surface area is 206 Å². The average Bonchev–Trinajstić information content (AvgIpc) is 3.48. The second-order valence-corrected chi connectivity index (χ2v) is 8.78. The van der Waals surface area contributed by atoms with Gasteiger partial charge in [0, 0.05) is 10.9 Å². The molecule has 8 nitrogen and oxygen atoms in total. The molecule has 0 bridgehead atoms. The van der Waals surface area contributed by atoms with Crippen LogP contribution in [0.3, 0.4) is 0 Å². The van der Waals surface area contributed by atoms with Gasteiger partial charge in [0.1, 0.15) is 0 Å². The third kappa shape index (κ3) is 5.10. The van der Waals surface area contributed by atoms with Gasteiger partial charge >= 0.3 is 0 Å². The fourth-order valence-electron chi connectivity index (χ4n) is 3.37. The molecule has 4 aromatic rings. The summed E-state index contributed by atoms with van der Waals surface area (Å²) in [5, 5.41) is 25.0. The van der Waals surface area contributed by atoms with Crippen molar-refractivity contribution in [2.75, 3.05) is 5.01 Å². The van der Waals surface area contributed by atoms with Gasteiger partial charge in [0.2, 0.25) is 5.13 Å². The monoisotopic (exact) mass is 479 g/mol. The summed E-state index contributed by atoms with van der Waals surface area (Å²) >= 11 is 1.37. The van der Waals surface area contributed by atoms with E-state index in [4.69, 9.17) is 0 Å². The van der Waals surface area contributed by atoms with Crippen molar-refractivity contribution in [1.29, 1.82) is 0 Å². The maximum Gasteiger partial charge on any atom is 0.282 e. The average molecular weight is 480 g/mol. The number of nitrogens with zero attached hydrogens (tertiary/aromatic N) is 7. The van der Waals surface area contributed by atoms with Gasteiger partial charge in [0.05, 0.1) is 28.5 Å². The van der Waals surface area contributed by atoms with Gasteiger partial charge in [0.15, 0.2) is 6.04 Å². The van der Waals surface area contributed by atoms with E-state index in [0.29, 0.717) is 22.2 Å². The Bertz CT molecular complexity index is 1420. The van der Waals surface area contributed by atoms with Crippen molar-refractivity contribution >= 4 is 45.1 Å². The van der Waals surface area contributed by atoms with Gasteiger partial charge in [-0.2, -0.15) is 30.6 Å². The van der Waals surface area contributed by atoms with Gasteiger partial charge in [-0.25, -0.2) is 4.98 Å². The molecule has 1 amide bonds. The lowest BCUT2D eigenvalue weighted by molar-refractivity contribution is -0.117. The van der Waals surface area contributed by atoms with Crippen molar-refractivity contribution in [2.45, 2.75) is 19.9 Å². The van der Waals surface area contributed by atoms with Crippen molar-refractivity contribution < 1.29 is 4.79 Å². The zero-order chi connectivity index (χ0) is 24.2. The summed E-state index contributed by atoms with van der Waals surface area (Å²) in [6, 6.07) is 24.0. The first-order chi connectivity index (χ1) is 17.1. The highest BCUT2D eigenvalue weighted by Crippen LogP contribution is 2.31. The quantitative estimate of drug-likeness (QED) is 0.269. The third-order valence-corrected chi connectivity index (χ3v) is 6.11. The summed E-state index contributed by atoms with van der Waals surface area (Å²) in [6.07, 6.45) is 0. The van der Waals surface area contributed by atoms with Crippen LogP contribution in [0.15, 0.2) is 110 Å². The first-order valence-corrected chi connectivity index (χ1v) is 11.8. The summed E-state index contributed by atoms with van der Waals surface area (Å²) in [5.41, 5.74) is 5.63. The molecular weight excluding hydrogens is 458 g/mol. The molecule has 0 unspecified atom stereocenters. The number of aromatic nitrogens is 1. The number of carbonyl (C=O) groups is 1. The molecule has 0 fully saturated rings. The molecule has 0 saturated carbocycles. The van der Waals surface area contributed by atoms with Crippen LogP contribution < -0.4 is 5.01 Å². The summed E-state index contributed by atoms with van der Waals surface area (Å²) in [5.74, 6) is -0.274. The smallest absolute Gasteiger partial charge is 0.269 e. The zero-order valence-electron chi connectivity index (χ0n) is 19.1. The number of benzene rings is 3. The number of hydrogen-bond donors (Lipinski definition) is 0. The van der Waals surface area contributed by atoms with Crippen LogP contribution in [-0.2, 0) is 4.79 Å². The number of amides is 1. The van der Waals surface area contributed by atoms with E-state index in [0.717, 1.165) is 16.9 Å². The Morgan fingerprint density at radius 3 is 2.11 bits per heavy atom. The van der Waals surface area contributed by atoms with Crippen LogP contribution in [0.4, 0.5) is 22.2 Å². The lowest BCUT2D eigenvalue weighted by Gasteiger charge is -2.08. The fourth-order valence-corrected chi connectivity index (χ4v) is 4.15. The molecule has 5 rings (SSSR count). The second kappa shape index (κ2) is 9.86. The molecular formula is C26H21N7OS. The van der Waals surface area contributed by atoms with Crippen molar-refractivity contribution in [2.24, 2.45) is 25.6 Å². The molecule has 1 aromatic heterocycles. The first-order valence-electron chi connectivity index (χ1n) is 11.0. The zero-order valence-corrected chi connectivity index (χ0v) is 19.9. The Balaban J connectivity index is 1.26. The van der Waals surface area contributed by atoms with E-state index >= 15 is 0 Å². The minimum Gasteiger partial charge on any atom is -0.269 e. The maximum absolute atomic E-state index is 13.0. The largest absolute Gasteiger partial charge is 0.282 e. The van der Waals surface area contributed by atoms with Crippen LogP contribution in [0.5, 0.6) is 0 Å². The van der Waals surface area contributed by atoms with E-state index in [9.17, 15) is 4.79 Å². The number of hydrogen-bond acceptors (Lipinski definition) is 8. The highest BCUT2D eigenvalue weighted by molar-refractivity contribution is 7.14. The van der Waals surface area contributed by atoms with Crippen LogP contribution in [0, 0.1) is 6.92 Å². The van der Waals surface area contributed by atoms with Gasteiger partial charge in [0.25, 0.3) is 5.91 Å². The number of aryl methyl sites for hydroxylation is 1. The van der Waals surface area contributed by atoms with Gasteiger partial charge in [-0.15, -0.1) is 11.3 Å². The van der Waals surface area contributed by atoms with Gasteiger partial charge in [-0.3, -0.25) is 4.79 Å². The van der Waals surface area contributed by atoms with Crippen molar-refractivity contribution in [3.8, 4) is 11.3 Å². The molecule has 3 aromatic carbocycles. The van der Waals surface area contributed by atoms with Gasteiger partial charge in [-0.05, 0) is 50.2 Å². The molecule has 9 heteroatoms. The van der Waals surface area contributed by atoms with Crippen LogP contribution in [0.25, 0.3) is 11.3 Å². The van der Waals surface area contributed by atoms with Gasteiger partial charge < -0.3 is 0 Å². The standard InChI is InChI=1S/C26H21N7OS/c1-17-8-10-19(11-9-17)23-16-35-26(27-23)33-25(34)24(18(2)32-33)31-30-22-14-12-21(13-15-22)29-28-20-6-4-3-5-7-20/h3-16,24H,1-2H3/t24-/m0/s1.